The molecule has 0 unspecified atom stereocenters. The Morgan fingerprint density at radius 3 is 2.05 bits per heavy atom. The maximum Gasteiger partial charge on any atom is 0.305 e. The van der Waals surface area contributed by atoms with Gasteiger partial charge in [0.05, 0.1) is 20.3 Å². The number of nitrogens with two attached hydrogens (primary N) is 1. The lowest BCUT2D eigenvalue weighted by Gasteiger charge is -2.05. The van der Waals surface area contributed by atoms with Crippen LogP contribution < -0.4 is 11.1 Å². The molecule has 3 N–H and O–H groups in total. The van der Waals surface area contributed by atoms with Crippen molar-refractivity contribution in [1.29, 1.82) is 0 Å². The van der Waals surface area contributed by atoms with Crippen LogP contribution in [0.4, 0.5) is 0 Å². The first-order valence-electron chi connectivity index (χ1n) is 7.24. The number of hydrogen-bond donors (Lipinski definition) is 2. The van der Waals surface area contributed by atoms with Gasteiger partial charge in [0, 0.05) is 20.0 Å². The minimum Gasteiger partial charge on any atom is -0.469 e. The summed E-state index contributed by atoms with van der Waals surface area (Å²) in [6.45, 7) is 13.3. The second-order valence-corrected chi connectivity index (χ2v) is 3.07. The Kier molecular flexibility index (Phi) is 41.3. The van der Waals surface area contributed by atoms with E-state index in [1.807, 2.05) is 27.7 Å². The minimum atomic E-state index is -0.222. The van der Waals surface area contributed by atoms with Crippen molar-refractivity contribution in [2.24, 2.45) is 5.73 Å². The predicted molar refractivity (Wildman–Crippen MR) is 88.1 cm³/mol. The Bertz CT molecular complexity index is 222. The van der Waals surface area contributed by atoms with E-state index in [-0.39, 0.29) is 5.97 Å². The van der Waals surface area contributed by atoms with Gasteiger partial charge in [0.2, 0.25) is 6.41 Å². The van der Waals surface area contributed by atoms with Crippen molar-refractivity contribution in [2.75, 3.05) is 33.9 Å². The SMILES string of the molecule is C=C(CCC(=O)OC)COCCN.CC.CC.CNC=O. The summed E-state index contributed by atoms with van der Waals surface area (Å²) in [4.78, 5) is 19.8. The Labute approximate surface area is 130 Å². The van der Waals surface area contributed by atoms with Gasteiger partial charge in [0.1, 0.15) is 0 Å². The summed E-state index contributed by atoms with van der Waals surface area (Å²) in [6, 6.07) is 0. The molecule has 0 aromatic heterocycles. The van der Waals surface area contributed by atoms with Gasteiger partial charge in [-0.3, -0.25) is 9.59 Å². The third-order valence-electron chi connectivity index (χ3n) is 1.60. The summed E-state index contributed by atoms with van der Waals surface area (Å²) in [5.41, 5.74) is 6.12. The average Bonchev–Trinajstić information content (AvgIpc) is 2.56. The third-order valence-corrected chi connectivity index (χ3v) is 1.60. The lowest BCUT2D eigenvalue weighted by Crippen LogP contribution is -2.10. The normalized spacial score (nSPS) is 7.57. The summed E-state index contributed by atoms with van der Waals surface area (Å²) in [7, 11) is 2.93. The molecule has 0 heterocycles. The molecule has 0 atom stereocenters. The fourth-order valence-electron chi connectivity index (χ4n) is 0.753. The molecule has 21 heavy (non-hydrogen) atoms. The summed E-state index contributed by atoms with van der Waals surface area (Å²) in [5.74, 6) is -0.222. The second-order valence-electron chi connectivity index (χ2n) is 3.07. The van der Waals surface area contributed by atoms with Gasteiger partial charge in [-0.2, -0.15) is 0 Å². The van der Waals surface area contributed by atoms with E-state index >= 15 is 0 Å². The van der Waals surface area contributed by atoms with Crippen LogP contribution in [0, 0.1) is 0 Å². The molecule has 0 aromatic rings. The number of rotatable bonds is 8. The topological polar surface area (TPSA) is 90.7 Å². The van der Waals surface area contributed by atoms with Crippen LogP contribution in [0.5, 0.6) is 0 Å². The molecule has 0 bridgehead atoms. The molecule has 0 aromatic carbocycles. The maximum atomic E-state index is 10.7. The zero-order valence-electron chi connectivity index (χ0n) is 14.5. The van der Waals surface area contributed by atoms with Crippen molar-refractivity contribution >= 4 is 12.4 Å². The van der Waals surface area contributed by atoms with Crippen LogP contribution in [0.1, 0.15) is 40.5 Å². The Hall–Kier alpha value is -1.40. The predicted octanol–water partition coefficient (Wildman–Crippen LogP) is 1.89. The number of nitrogens with one attached hydrogen (secondary N) is 1. The molecule has 6 nitrogen and oxygen atoms in total. The van der Waals surface area contributed by atoms with Gasteiger partial charge in [-0.15, -0.1) is 0 Å². The van der Waals surface area contributed by atoms with E-state index in [2.05, 4.69) is 16.6 Å². The highest BCUT2D eigenvalue weighted by Gasteiger charge is 2.01. The molecule has 0 spiro atoms. The van der Waals surface area contributed by atoms with Gasteiger partial charge in [-0.25, -0.2) is 0 Å². The highest BCUT2D eigenvalue weighted by atomic mass is 16.5. The largest absolute Gasteiger partial charge is 0.469 e. The molecule has 128 valence electrons. The molecular formula is C15H34N2O4. The van der Waals surface area contributed by atoms with Gasteiger partial charge >= 0.3 is 5.97 Å². The molecule has 1 amide bonds. The van der Waals surface area contributed by atoms with E-state index < -0.39 is 0 Å². The van der Waals surface area contributed by atoms with Crippen LogP contribution in [0.2, 0.25) is 0 Å². The maximum absolute atomic E-state index is 10.7. The van der Waals surface area contributed by atoms with E-state index in [9.17, 15) is 4.79 Å². The van der Waals surface area contributed by atoms with Crippen LogP contribution >= 0.6 is 0 Å². The fourth-order valence-corrected chi connectivity index (χ4v) is 0.753. The summed E-state index contributed by atoms with van der Waals surface area (Å²) < 4.78 is 9.62. The number of amides is 1. The molecule has 0 aliphatic carbocycles. The Morgan fingerprint density at radius 2 is 1.71 bits per heavy atom. The van der Waals surface area contributed by atoms with Crippen LogP contribution in [0.3, 0.4) is 0 Å². The number of esters is 1. The van der Waals surface area contributed by atoms with Crippen LogP contribution in [0.25, 0.3) is 0 Å². The van der Waals surface area contributed by atoms with Crippen molar-refractivity contribution in [3.05, 3.63) is 12.2 Å². The molecule has 0 saturated carbocycles. The molecular weight excluding hydrogens is 272 g/mol. The monoisotopic (exact) mass is 306 g/mol. The standard InChI is InChI=1S/C9H17NO3.C2H5NO.2C2H6/c1-8(7-13-6-5-10)3-4-9(11)12-2;1-3-2-4;2*1-2/h1,3-7,10H2,2H3;2H,1H3,(H,3,4);2*1-2H3. The number of ether oxygens (including phenoxy) is 2. The van der Waals surface area contributed by atoms with Gasteiger partial charge in [-0.05, 0) is 6.42 Å². The molecule has 0 fully saturated rings. The van der Waals surface area contributed by atoms with Crippen LogP contribution in [-0.4, -0.2) is 46.3 Å². The highest BCUT2D eigenvalue weighted by molar-refractivity contribution is 5.69. The fraction of sp³-hybridized carbons (Fsp3) is 0.733. The van der Waals surface area contributed by atoms with Crippen molar-refractivity contribution in [3.8, 4) is 0 Å². The Balaban J connectivity index is -0.000000151. The Morgan fingerprint density at radius 1 is 1.24 bits per heavy atom. The quantitative estimate of drug-likeness (QED) is 0.309. The molecule has 0 aliphatic heterocycles. The van der Waals surface area contributed by atoms with E-state index in [4.69, 9.17) is 15.3 Å². The smallest absolute Gasteiger partial charge is 0.305 e. The van der Waals surface area contributed by atoms with Crippen molar-refractivity contribution in [2.45, 2.75) is 40.5 Å². The number of carbonyl (C=O) groups is 2. The van der Waals surface area contributed by atoms with E-state index in [0.717, 1.165) is 5.57 Å². The van der Waals surface area contributed by atoms with Gasteiger partial charge in [-0.1, -0.05) is 39.8 Å². The first kappa shape index (κ1) is 27.9. The molecule has 0 rings (SSSR count). The molecule has 0 aliphatic rings. The van der Waals surface area contributed by atoms with Crippen LogP contribution in [-0.2, 0) is 19.1 Å². The first-order valence-corrected chi connectivity index (χ1v) is 7.24. The first-order chi connectivity index (χ1) is 10.1. The van der Waals surface area contributed by atoms with E-state index in [1.165, 1.54) is 7.11 Å². The molecule has 6 heteroatoms. The number of methoxy groups -OCH3 is 1. The van der Waals surface area contributed by atoms with Crippen molar-refractivity contribution < 1.29 is 19.1 Å². The second kappa shape index (κ2) is 31.2. The van der Waals surface area contributed by atoms with Gasteiger partial charge < -0.3 is 20.5 Å². The summed E-state index contributed by atoms with van der Waals surface area (Å²) in [5, 5.41) is 2.25. The molecule has 0 saturated heterocycles. The van der Waals surface area contributed by atoms with Crippen molar-refractivity contribution in [3.63, 3.8) is 0 Å². The van der Waals surface area contributed by atoms with Gasteiger partial charge in [0.25, 0.3) is 0 Å². The lowest BCUT2D eigenvalue weighted by molar-refractivity contribution is -0.140. The summed E-state index contributed by atoms with van der Waals surface area (Å²) in [6.07, 6.45) is 1.60. The lowest BCUT2D eigenvalue weighted by atomic mass is 10.2. The van der Waals surface area contributed by atoms with Crippen molar-refractivity contribution in [1.82, 2.24) is 5.32 Å². The van der Waals surface area contributed by atoms with Crippen LogP contribution in [0.15, 0.2) is 12.2 Å². The highest BCUT2D eigenvalue weighted by Crippen LogP contribution is 2.03. The van der Waals surface area contributed by atoms with E-state index in [0.29, 0.717) is 39.0 Å². The number of carbonyl (C=O) groups excluding carboxylic acids is 2. The third kappa shape index (κ3) is 38.1. The van der Waals surface area contributed by atoms with Gasteiger partial charge in [0.15, 0.2) is 0 Å². The minimum absolute atomic E-state index is 0.222. The zero-order valence-corrected chi connectivity index (χ0v) is 14.5. The van der Waals surface area contributed by atoms with E-state index in [1.54, 1.807) is 7.05 Å². The summed E-state index contributed by atoms with van der Waals surface area (Å²) >= 11 is 0. The molecule has 0 radical (unpaired) electrons. The number of hydrogen-bond acceptors (Lipinski definition) is 5. The average molecular weight is 306 g/mol. The zero-order chi connectivity index (χ0) is 17.5.